The van der Waals surface area contributed by atoms with Crippen molar-refractivity contribution >= 4 is 6.01 Å². The van der Waals surface area contributed by atoms with Crippen molar-refractivity contribution in [2.45, 2.75) is 57.9 Å². The van der Waals surface area contributed by atoms with Crippen molar-refractivity contribution in [3.63, 3.8) is 0 Å². The lowest BCUT2D eigenvalue weighted by Gasteiger charge is -2.17. The summed E-state index contributed by atoms with van der Waals surface area (Å²) < 4.78 is 5.16. The first-order valence-corrected chi connectivity index (χ1v) is 5.86. The Balaban J connectivity index is 1.99. The summed E-state index contributed by atoms with van der Waals surface area (Å²) in [5.41, 5.74) is 0. The van der Waals surface area contributed by atoms with Gasteiger partial charge in [-0.3, -0.25) is 0 Å². The number of nitrogens with zero attached hydrogens (tertiary/aromatic N) is 2. The van der Waals surface area contributed by atoms with Crippen molar-refractivity contribution in [2.75, 3.05) is 5.32 Å². The number of hydrogen-bond acceptors (Lipinski definition) is 4. The molecule has 4 nitrogen and oxygen atoms in total. The highest BCUT2D eigenvalue weighted by Crippen LogP contribution is 2.31. The smallest absolute Gasteiger partial charge is 0.321 e. The minimum Gasteiger partial charge on any atom is -0.336 e. The largest absolute Gasteiger partial charge is 0.336 e. The zero-order chi connectivity index (χ0) is 10.7. The summed E-state index contributed by atoms with van der Waals surface area (Å²) in [7, 11) is 0. The Kier molecular flexibility index (Phi) is 3.23. The summed E-state index contributed by atoms with van der Waals surface area (Å²) >= 11 is 0. The topological polar surface area (TPSA) is 51.0 Å². The molecule has 15 heavy (non-hydrogen) atoms. The standard InChI is InChI=1S/C11H19N3O/c1-8(2)12-11-13-10(14-15-11)9-6-4-3-5-7-9/h8-9H,3-7H2,1-2H3,(H,12,13,14). The van der Waals surface area contributed by atoms with Crippen LogP contribution in [0.2, 0.25) is 0 Å². The van der Waals surface area contributed by atoms with E-state index in [1.54, 1.807) is 0 Å². The van der Waals surface area contributed by atoms with Gasteiger partial charge in [0, 0.05) is 12.0 Å². The van der Waals surface area contributed by atoms with E-state index < -0.39 is 0 Å². The molecule has 0 aromatic carbocycles. The molecule has 1 heterocycles. The van der Waals surface area contributed by atoms with Crippen molar-refractivity contribution in [1.82, 2.24) is 10.1 Å². The fourth-order valence-electron chi connectivity index (χ4n) is 2.07. The van der Waals surface area contributed by atoms with Crippen molar-refractivity contribution in [3.05, 3.63) is 5.82 Å². The first kappa shape index (κ1) is 10.5. The van der Waals surface area contributed by atoms with Gasteiger partial charge in [-0.1, -0.05) is 24.4 Å². The van der Waals surface area contributed by atoms with E-state index in [2.05, 4.69) is 29.3 Å². The number of aromatic nitrogens is 2. The highest BCUT2D eigenvalue weighted by Gasteiger charge is 2.20. The highest BCUT2D eigenvalue weighted by atomic mass is 16.5. The van der Waals surface area contributed by atoms with Crippen molar-refractivity contribution in [1.29, 1.82) is 0 Å². The van der Waals surface area contributed by atoms with Crippen molar-refractivity contribution in [2.24, 2.45) is 0 Å². The number of rotatable bonds is 3. The molecule has 4 heteroatoms. The number of anilines is 1. The fourth-order valence-corrected chi connectivity index (χ4v) is 2.07. The molecule has 0 bridgehead atoms. The predicted molar refractivity (Wildman–Crippen MR) is 58.9 cm³/mol. The molecule has 0 saturated heterocycles. The van der Waals surface area contributed by atoms with E-state index in [1.165, 1.54) is 32.1 Å². The summed E-state index contributed by atoms with van der Waals surface area (Å²) in [5, 5.41) is 7.17. The van der Waals surface area contributed by atoms with Crippen LogP contribution in [-0.4, -0.2) is 16.2 Å². The van der Waals surface area contributed by atoms with Crippen molar-refractivity contribution in [3.8, 4) is 0 Å². The van der Waals surface area contributed by atoms with E-state index in [-0.39, 0.29) is 0 Å². The van der Waals surface area contributed by atoms with Crippen LogP contribution in [0, 0.1) is 0 Å². The molecule has 1 fully saturated rings. The third kappa shape index (κ3) is 2.70. The molecule has 84 valence electrons. The van der Waals surface area contributed by atoms with E-state index in [9.17, 15) is 0 Å². The average Bonchev–Trinajstić information content (AvgIpc) is 2.67. The van der Waals surface area contributed by atoms with Gasteiger partial charge in [0.05, 0.1) is 0 Å². The van der Waals surface area contributed by atoms with Crippen LogP contribution in [0.25, 0.3) is 0 Å². The Hall–Kier alpha value is -1.06. The van der Waals surface area contributed by atoms with Crippen LogP contribution in [0.1, 0.15) is 57.7 Å². The monoisotopic (exact) mass is 209 g/mol. The maximum Gasteiger partial charge on any atom is 0.321 e. The SMILES string of the molecule is CC(C)Nc1nc(C2CCCCC2)no1. The minimum absolute atomic E-state index is 0.338. The number of hydrogen-bond donors (Lipinski definition) is 1. The maximum absolute atomic E-state index is 5.16. The maximum atomic E-state index is 5.16. The lowest BCUT2D eigenvalue weighted by molar-refractivity contribution is 0.384. The van der Waals surface area contributed by atoms with Gasteiger partial charge >= 0.3 is 6.01 Å². The molecular formula is C11H19N3O. The summed E-state index contributed by atoms with van der Waals surface area (Å²) in [6, 6.07) is 0.898. The summed E-state index contributed by atoms with van der Waals surface area (Å²) in [5.74, 6) is 1.41. The molecule has 1 aliphatic rings. The van der Waals surface area contributed by atoms with Crippen molar-refractivity contribution < 1.29 is 4.52 Å². The second-order valence-corrected chi connectivity index (χ2v) is 4.59. The molecule has 1 aliphatic carbocycles. The zero-order valence-electron chi connectivity index (χ0n) is 9.49. The van der Waals surface area contributed by atoms with E-state index in [0.717, 1.165) is 5.82 Å². The number of nitrogens with one attached hydrogen (secondary N) is 1. The van der Waals surface area contributed by atoms with Crippen LogP contribution in [-0.2, 0) is 0 Å². The van der Waals surface area contributed by atoms with Gasteiger partial charge in [0.1, 0.15) is 0 Å². The lowest BCUT2D eigenvalue weighted by atomic mass is 9.89. The van der Waals surface area contributed by atoms with Gasteiger partial charge in [-0.25, -0.2) is 0 Å². The zero-order valence-corrected chi connectivity index (χ0v) is 9.49. The van der Waals surface area contributed by atoms with E-state index in [1.807, 2.05) is 0 Å². The molecule has 2 rings (SSSR count). The second-order valence-electron chi connectivity index (χ2n) is 4.59. The van der Waals surface area contributed by atoms with Crippen LogP contribution in [0.5, 0.6) is 0 Å². The van der Waals surface area contributed by atoms with E-state index in [4.69, 9.17) is 4.52 Å². The molecule has 0 atom stereocenters. The Morgan fingerprint density at radius 1 is 1.27 bits per heavy atom. The molecule has 0 unspecified atom stereocenters. The lowest BCUT2D eigenvalue weighted by Crippen LogP contribution is -2.10. The third-order valence-corrected chi connectivity index (χ3v) is 2.82. The molecular weight excluding hydrogens is 190 g/mol. The molecule has 0 aliphatic heterocycles. The molecule has 1 saturated carbocycles. The fraction of sp³-hybridized carbons (Fsp3) is 0.818. The van der Waals surface area contributed by atoms with Gasteiger partial charge in [-0.05, 0) is 26.7 Å². The Morgan fingerprint density at radius 3 is 2.67 bits per heavy atom. The van der Waals surface area contributed by atoms with E-state index >= 15 is 0 Å². The first-order valence-electron chi connectivity index (χ1n) is 5.86. The molecule has 1 aromatic heterocycles. The molecule has 0 radical (unpaired) electrons. The van der Waals surface area contributed by atoms with Crippen LogP contribution in [0.15, 0.2) is 4.52 Å². The second kappa shape index (κ2) is 4.64. The van der Waals surface area contributed by atoms with Gasteiger partial charge in [0.15, 0.2) is 5.82 Å². The minimum atomic E-state index is 0.338. The van der Waals surface area contributed by atoms with E-state index in [0.29, 0.717) is 18.0 Å². The first-order chi connectivity index (χ1) is 7.25. The van der Waals surface area contributed by atoms with Gasteiger partial charge in [-0.15, -0.1) is 0 Å². The van der Waals surface area contributed by atoms with Gasteiger partial charge < -0.3 is 9.84 Å². The Bertz CT molecular complexity index is 303. The normalized spacial score (nSPS) is 18.3. The highest BCUT2D eigenvalue weighted by molar-refractivity contribution is 5.20. The summed E-state index contributed by atoms with van der Waals surface area (Å²) in [6.45, 7) is 4.12. The van der Waals surface area contributed by atoms with Gasteiger partial charge in [0.2, 0.25) is 0 Å². The predicted octanol–water partition coefficient (Wildman–Crippen LogP) is 2.94. The van der Waals surface area contributed by atoms with Gasteiger partial charge in [0.25, 0.3) is 0 Å². The summed E-state index contributed by atoms with van der Waals surface area (Å²) in [4.78, 5) is 4.39. The molecule has 0 amide bonds. The Morgan fingerprint density at radius 2 is 2.00 bits per heavy atom. The van der Waals surface area contributed by atoms with Crippen LogP contribution < -0.4 is 5.32 Å². The van der Waals surface area contributed by atoms with Crippen LogP contribution in [0.3, 0.4) is 0 Å². The molecule has 0 spiro atoms. The third-order valence-electron chi connectivity index (χ3n) is 2.82. The van der Waals surface area contributed by atoms with Gasteiger partial charge in [-0.2, -0.15) is 4.98 Å². The molecule has 1 aromatic rings. The Labute approximate surface area is 90.4 Å². The quantitative estimate of drug-likeness (QED) is 0.831. The average molecular weight is 209 g/mol. The summed E-state index contributed by atoms with van der Waals surface area (Å²) in [6.07, 6.45) is 6.37. The molecule has 1 N–H and O–H groups in total. The van der Waals surface area contributed by atoms with Crippen LogP contribution >= 0.6 is 0 Å². The van der Waals surface area contributed by atoms with Crippen LogP contribution in [0.4, 0.5) is 6.01 Å².